The van der Waals surface area contributed by atoms with Crippen LogP contribution < -0.4 is 15.1 Å². The molecule has 0 spiro atoms. The molecule has 138 valence electrons. The first-order chi connectivity index (χ1) is 13.8. The first-order valence-electron chi connectivity index (χ1n) is 9.38. The molecule has 4 rings (SSSR count). The SMILES string of the molecule is CN(c1ccccc1)N(c1ccccc1)N(c1ccccc1)c1ccccc1. The van der Waals surface area contributed by atoms with E-state index in [-0.39, 0.29) is 0 Å². The van der Waals surface area contributed by atoms with Gasteiger partial charge < -0.3 is 0 Å². The minimum atomic E-state index is 1.07. The van der Waals surface area contributed by atoms with Crippen molar-refractivity contribution in [3.05, 3.63) is 121 Å². The minimum absolute atomic E-state index is 1.07. The van der Waals surface area contributed by atoms with Crippen LogP contribution in [0.15, 0.2) is 121 Å². The summed E-state index contributed by atoms with van der Waals surface area (Å²) in [6.45, 7) is 0. The Morgan fingerprint density at radius 1 is 0.393 bits per heavy atom. The van der Waals surface area contributed by atoms with Crippen molar-refractivity contribution in [2.24, 2.45) is 0 Å². The first kappa shape index (κ1) is 17.7. The Labute approximate surface area is 166 Å². The lowest BCUT2D eigenvalue weighted by Gasteiger charge is -2.44. The molecule has 0 aliphatic carbocycles. The van der Waals surface area contributed by atoms with Crippen molar-refractivity contribution in [1.82, 2.24) is 0 Å². The molecule has 28 heavy (non-hydrogen) atoms. The number of hydrogen-bond donors (Lipinski definition) is 0. The number of anilines is 4. The van der Waals surface area contributed by atoms with E-state index in [1.165, 1.54) is 0 Å². The van der Waals surface area contributed by atoms with Crippen molar-refractivity contribution in [1.29, 1.82) is 0 Å². The van der Waals surface area contributed by atoms with E-state index in [9.17, 15) is 0 Å². The lowest BCUT2D eigenvalue weighted by Crippen LogP contribution is -2.50. The zero-order valence-corrected chi connectivity index (χ0v) is 15.9. The van der Waals surface area contributed by atoms with Crippen LogP contribution in [0.25, 0.3) is 0 Å². The molecular weight excluding hydrogens is 342 g/mol. The second-order valence-corrected chi connectivity index (χ2v) is 6.47. The van der Waals surface area contributed by atoms with E-state index < -0.39 is 0 Å². The molecule has 0 N–H and O–H groups in total. The Bertz CT molecular complexity index is 934. The molecule has 0 aromatic heterocycles. The summed E-state index contributed by atoms with van der Waals surface area (Å²) < 4.78 is 0. The van der Waals surface area contributed by atoms with Gasteiger partial charge in [0.05, 0.1) is 22.7 Å². The average molecular weight is 365 g/mol. The van der Waals surface area contributed by atoms with E-state index in [0.29, 0.717) is 0 Å². The van der Waals surface area contributed by atoms with Crippen molar-refractivity contribution in [3.8, 4) is 0 Å². The molecule has 0 saturated carbocycles. The largest absolute Gasteiger partial charge is 0.269 e. The molecule has 4 aromatic rings. The van der Waals surface area contributed by atoms with Crippen LogP contribution in [0, 0.1) is 0 Å². The highest BCUT2D eigenvalue weighted by atomic mass is 15.9. The highest BCUT2D eigenvalue weighted by molar-refractivity contribution is 5.72. The summed E-state index contributed by atoms with van der Waals surface area (Å²) in [6.07, 6.45) is 0. The third-order valence-electron chi connectivity index (χ3n) is 4.59. The third kappa shape index (κ3) is 3.69. The second-order valence-electron chi connectivity index (χ2n) is 6.47. The quantitative estimate of drug-likeness (QED) is 0.371. The molecule has 0 atom stereocenters. The normalized spacial score (nSPS) is 10.3. The Balaban J connectivity index is 1.89. The van der Waals surface area contributed by atoms with Crippen LogP contribution in [0.4, 0.5) is 22.7 Å². The molecule has 0 amide bonds. The summed E-state index contributed by atoms with van der Waals surface area (Å²) in [4.78, 5) is 0. The molecule has 0 heterocycles. The van der Waals surface area contributed by atoms with Crippen LogP contribution in [0.5, 0.6) is 0 Å². The molecule has 3 nitrogen and oxygen atoms in total. The fraction of sp³-hybridized carbons (Fsp3) is 0.0400. The zero-order chi connectivity index (χ0) is 19.2. The van der Waals surface area contributed by atoms with Gasteiger partial charge in [0, 0.05) is 7.05 Å². The van der Waals surface area contributed by atoms with Gasteiger partial charge in [-0.15, -0.1) is 0 Å². The monoisotopic (exact) mass is 365 g/mol. The van der Waals surface area contributed by atoms with Gasteiger partial charge in [-0.1, -0.05) is 72.8 Å². The van der Waals surface area contributed by atoms with Crippen molar-refractivity contribution >= 4 is 22.7 Å². The minimum Gasteiger partial charge on any atom is -0.269 e. The summed E-state index contributed by atoms with van der Waals surface area (Å²) in [6, 6.07) is 41.7. The van der Waals surface area contributed by atoms with E-state index in [1.807, 2.05) is 24.3 Å². The van der Waals surface area contributed by atoms with Crippen LogP contribution in [0.2, 0.25) is 0 Å². The van der Waals surface area contributed by atoms with E-state index in [2.05, 4.69) is 119 Å². The third-order valence-corrected chi connectivity index (χ3v) is 4.59. The van der Waals surface area contributed by atoms with Crippen molar-refractivity contribution < 1.29 is 0 Å². The van der Waals surface area contributed by atoms with Crippen LogP contribution in [-0.4, -0.2) is 7.05 Å². The van der Waals surface area contributed by atoms with Gasteiger partial charge in [0.25, 0.3) is 0 Å². The van der Waals surface area contributed by atoms with Gasteiger partial charge in [-0.3, -0.25) is 5.01 Å². The average Bonchev–Trinajstić information content (AvgIpc) is 2.79. The summed E-state index contributed by atoms with van der Waals surface area (Å²) in [5, 5.41) is 6.58. The number of benzene rings is 4. The first-order valence-corrected chi connectivity index (χ1v) is 9.38. The Kier molecular flexibility index (Phi) is 5.25. The molecular formula is C25H23N3. The maximum Gasteiger partial charge on any atom is 0.0820 e. The van der Waals surface area contributed by atoms with Crippen molar-refractivity contribution in [3.63, 3.8) is 0 Å². The van der Waals surface area contributed by atoms with E-state index >= 15 is 0 Å². The van der Waals surface area contributed by atoms with E-state index in [4.69, 9.17) is 0 Å². The molecule has 0 radical (unpaired) electrons. The lowest BCUT2D eigenvalue weighted by atomic mass is 10.2. The molecule has 0 fully saturated rings. The smallest absolute Gasteiger partial charge is 0.0820 e. The fourth-order valence-electron chi connectivity index (χ4n) is 3.24. The Hall–Kier alpha value is -3.72. The van der Waals surface area contributed by atoms with Crippen LogP contribution in [0.1, 0.15) is 0 Å². The molecule has 0 bridgehead atoms. The molecule has 0 unspecified atom stereocenters. The van der Waals surface area contributed by atoms with Gasteiger partial charge in [0.1, 0.15) is 0 Å². The highest BCUT2D eigenvalue weighted by Crippen LogP contribution is 2.33. The standard InChI is InChI=1S/C25H23N3/c1-26(22-14-6-2-7-15-22)28(25-20-12-5-13-21-25)27(23-16-8-3-9-17-23)24-18-10-4-11-19-24/h2-21H,1H3. The molecule has 0 saturated heterocycles. The fourth-order valence-corrected chi connectivity index (χ4v) is 3.24. The van der Waals surface area contributed by atoms with Gasteiger partial charge in [-0.05, 0) is 48.5 Å². The zero-order valence-electron chi connectivity index (χ0n) is 15.9. The number of para-hydroxylation sites is 4. The summed E-state index contributed by atoms with van der Waals surface area (Å²) in [5.41, 5.74) is 4.34. The molecule has 3 heteroatoms. The van der Waals surface area contributed by atoms with Crippen LogP contribution in [0.3, 0.4) is 0 Å². The van der Waals surface area contributed by atoms with Gasteiger partial charge >= 0.3 is 0 Å². The van der Waals surface area contributed by atoms with Crippen molar-refractivity contribution in [2.45, 2.75) is 0 Å². The maximum atomic E-state index is 2.22. The Morgan fingerprint density at radius 2 is 0.714 bits per heavy atom. The van der Waals surface area contributed by atoms with E-state index in [1.54, 1.807) is 0 Å². The number of rotatable bonds is 6. The van der Waals surface area contributed by atoms with Crippen LogP contribution in [-0.2, 0) is 0 Å². The summed E-state index contributed by atoms with van der Waals surface area (Å²) in [7, 11) is 2.08. The summed E-state index contributed by atoms with van der Waals surface area (Å²) >= 11 is 0. The number of hydrazine groups is 2. The van der Waals surface area contributed by atoms with Gasteiger partial charge in [-0.25, -0.2) is 5.01 Å². The van der Waals surface area contributed by atoms with E-state index in [0.717, 1.165) is 22.7 Å². The summed E-state index contributed by atoms with van der Waals surface area (Å²) in [5.74, 6) is 0. The van der Waals surface area contributed by atoms with Crippen molar-refractivity contribution in [2.75, 3.05) is 22.2 Å². The van der Waals surface area contributed by atoms with Gasteiger partial charge in [0.2, 0.25) is 0 Å². The molecule has 4 aromatic carbocycles. The predicted octanol–water partition coefficient (Wildman–Crippen LogP) is 6.30. The molecule has 0 aliphatic rings. The maximum absolute atomic E-state index is 2.22. The molecule has 0 aliphatic heterocycles. The highest BCUT2D eigenvalue weighted by Gasteiger charge is 2.23. The lowest BCUT2D eigenvalue weighted by molar-refractivity contribution is 0.793. The topological polar surface area (TPSA) is 9.72 Å². The van der Waals surface area contributed by atoms with Gasteiger partial charge in [0.15, 0.2) is 0 Å². The second kappa shape index (κ2) is 8.31. The Morgan fingerprint density at radius 3 is 1.11 bits per heavy atom. The number of hydrogen-bond acceptors (Lipinski definition) is 3. The number of nitrogens with zero attached hydrogens (tertiary/aromatic N) is 3. The predicted molar refractivity (Wildman–Crippen MR) is 119 cm³/mol. The van der Waals surface area contributed by atoms with Gasteiger partial charge in [-0.2, -0.15) is 5.12 Å². The van der Waals surface area contributed by atoms with Crippen LogP contribution >= 0.6 is 0 Å².